The molecule has 0 saturated heterocycles. The first-order valence-electron chi connectivity index (χ1n) is 8.10. The third-order valence-corrected chi connectivity index (χ3v) is 4.25. The Labute approximate surface area is 155 Å². The molecule has 3 heterocycles. The minimum Gasteiger partial charge on any atom is -0.370 e. The van der Waals surface area contributed by atoms with Crippen molar-refractivity contribution in [1.82, 2.24) is 34.7 Å². The van der Waals surface area contributed by atoms with E-state index in [-0.39, 0.29) is 17.0 Å². The number of rotatable bonds is 3. The average Bonchev–Trinajstić information content (AvgIpc) is 3.44. The second-order valence-electron chi connectivity index (χ2n) is 5.95. The molecule has 0 aliphatic rings. The average molecular weight is 378 g/mol. The lowest BCUT2D eigenvalue weighted by molar-refractivity contribution is 0.0503. The number of carbonyl (C=O) groups is 1. The van der Waals surface area contributed by atoms with Crippen LogP contribution in [0.25, 0.3) is 33.7 Å². The number of H-pyrrole nitrogens is 1. The summed E-state index contributed by atoms with van der Waals surface area (Å²) in [6.07, 6.45) is 2.64. The molecule has 0 aliphatic carbocycles. The Balaban J connectivity index is 1.62. The van der Waals surface area contributed by atoms with Gasteiger partial charge in [-0.25, -0.2) is 23.5 Å². The number of hydrogen-bond acceptors (Lipinski definition) is 7. The van der Waals surface area contributed by atoms with Gasteiger partial charge < -0.3 is 9.82 Å². The van der Waals surface area contributed by atoms with E-state index in [1.807, 2.05) is 24.3 Å². The lowest BCUT2D eigenvalue weighted by atomic mass is 10.2. The summed E-state index contributed by atoms with van der Waals surface area (Å²) in [5.74, 6) is 3.81. The zero-order valence-electron chi connectivity index (χ0n) is 14.1. The Bertz CT molecular complexity index is 1350. The van der Waals surface area contributed by atoms with Gasteiger partial charge in [0, 0.05) is 12.3 Å². The van der Waals surface area contributed by atoms with E-state index in [1.54, 1.807) is 10.7 Å². The predicted octanol–water partition coefficient (Wildman–Crippen LogP) is 1.65. The highest BCUT2D eigenvalue weighted by Crippen LogP contribution is 2.23. The van der Waals surface area contributed by atoms with Gasteiger partial charge in [0.1, 0.15) is 11.0 Å². The normalized spacial score (nSPS) is 11.4. The van der Waals surface area contributed by atoms with Crippen LogP contribution in [0, 0.1) is 5.82 Å². The van der Waals surface area contributed by atoms with E-state index in [2.05, 4.69) is 30.2 Å². The number of fused-ring (bicyclic) bond motifs is 2. The van der Waals surface area contributed by atoms with Crippen molar-refractivity contribution in [2.45, 2.75) is 0 Å². The number of halogens is 1. The Hall–Kier alpha value is -4.12. The zero-order valence-corrected chi connectivity index (χ0v) is 14.1. The molecule has 0 spiro atoms. The number of para-hydroxylation sites is 1. The molecule has 0 unspecified atom stereocenters. The maximum Gasteiger partial charge on any atom is 0.359 e. The second-order valence-corrected chi connectivity index (χ2v) is 5.95. The van der Waals surface area contributed by atoms with E-state index in [4.69, 9.17) is 5.90 Å². The van der Waals surface area contributed by atoms with Crippen molar-refractivity contribution < 1.29 is 14.0 Å². The Kier molecular flexibility index (Phi) is 3.42. The summed E-state index contributed by atoms with van der Waals surface area (Å²) in [7, 11) is 0. The first kappa shape index (κ1) is 16.1. The second kappa shape index (κ2) is 5.96. The fourth-order valence-electron chi connectivity index (χ4n) is 2.95. The standard InChI is InChI=1S/C17H11FN8O2/c18-11-5-10(26-14-4-2-1-3-12(14)23-24-26)6-13-15(11)22-17(21-13)25-8-9(7-20-25)16(27)28-19/h1-8H,19H2,(H,21,22). The van der Waals surface area contributed by atoms with E-state index in [9.17, 15) is 9.18 Å². The first-order valence-corrected chi connectivity index (χ1v) is 8.10. The van der Waals surface area contributed by atoms with Gasteiger partial charge in [0.05, 0.1) is 28.5 Å². The molecule has 3 aromatic heterocycles. The topological polar surface area (TPSA) is 130 Å². The summed E-state index contributed by atoms with van der Waals surface area (Å²) < 4.78 is 17.5. The van der Waals surface area contributed by atoms with Crippen LogP contribution in [0.1, 0.15) is 10.4 Å². The van der Waals surface area contributed by atoms with Gasteiger partial charge >= 0.3 is 5.97 Å². The third kappa shape index (κ3) is 2.41. The third-order valence-electron chi connectivity index (χ3n) is 4.25. The summed E-state index contributed by atoms with van der Waals surface area (Å²) in [6, 6.07) is 10.4. The smallest absolute Gasteiger partial charge is 0.359 e. The SMILES string of the molecule is NOC(=O)c1cnn(-c2nc3c(F)cc(-n4nnc5ccccc54)cc3[nH]2)c1. The van der Waals surface area contributed by atoms with Crippen molar-refractivity contribution in [3.63, 3.8) is 0 Å². The molecular formula is C17H11FN8O2. The first-order chi connectivity index (χ1) is 13.6. The van der Waals surface area contributed by atoms with Crippen molar-refractivity contribution >= 4 is 28.0 Å². The van der Waals surface area contributed by atoms with Gasteiger partial charge in [-0.2, -0.15) is 11.0 Å². The number of benzene rings is 2. The van der Waals surface area contributed by atoms with Crippen LogP contribution < -0.4 is 5.90 Å². The Morgan fingerprint density at radius 2 is 2.11 bits per heavy atom. The molecule has 0 aliphatic heterocycles. The van der Waals surface area contributed by atoms with E-state index in [0.717, 1.165) is 5.52 Å². The maximum absolute atomic E-state index is 14.7. The molecule has 0 fully saturated rings. The molecule has 0 amide bonds. The van der Waals surface area contributed by atoms with E-state index in [1.165, 1.54) is 23.1 Å². The predicted molar refractivity (Wildman–Crippen MR) is 95.2 cm³/mol. The number of aromatic amines is 1. The summed E-state index contributed by atoms with van der Waals surface area (Å²) in [5, 5.41) is 12.2. The quantitative estimate of drug-likeness (QED) is 0.457. The van der Waals surface area contributed by atoms with Crippen LogP contribution in [0.4, 0.5) is 4.39 Å². The molecule has 0 radical (unpaired) electrons. The van der Waals surface area contributed by atoms with Crippen LogP contribution in [-0.2, 0) is 4.84 Å². The highest BCUT2D eigenvalue weighted by atomic mass is 19.1. The van der Waals surface area contributed by atoms with Crippen LogP contribution in [-0.4, -0.2) is 40.7 Å². The molecule has 10 nitrogen and oxygen atoms in total. The van der Waals surface area contributed by atoms with Gasteiger partial charge in [0.15, 0.2) is 5.82 Å². The molecule has 0 saturated carbocycles. The molecular weight excluding hydrogens is 367 g/mol. The summed E-state index contributed by atoms with van der Waals surface area (Å²) in [4.78, 5) is 22.8. The summed E-state index contributed by atoms with van der Waals surface area (Å²) >= 11 is 0. The number of aromatic nitrogens is 7. The zero-order chi connectivity index (χ0) is 19.3. The van der Waals surface area contributed by atoms with Gasteiger partial charge in [-0.15, -0.1) is 5.10 Å². The minimum absolute atomic E-state index is 0.127. The van der Waals surface area contributed by atoms with Gasteiger partial charge in [0.25, 0.3) is 0 Å². The highest BCUT2D eigenvalue weighted by Gasteiger charge is 2.16. The molecule has 28 heavy (non-hydrogen) atoms. The fourth-order valence-corrected chi connectivity index (χ4v) is 2.95. The summed E-state index contributed by atoms with van der Waals surface area (Å²) in [5.41, 5.74) is 2.63. The molecule has 2 aromatic carbocycles. The number of nitrogens with one attached hydrogen (secondary N) is 1. The monoisotopic (exact) mass is 378 g/mol. The maximum atomic E-state index is 14.7. The highest BCUT2D eigenvalue weighted by molar-refractivity contribution is 5.88. The molecule has 0 atom stereocenters. The molecule has 11 heteroatoms. The van der Waals surface area contributed by atoms with Gasteiger partial charge in [-0.3, -0.25) is 0 Å². The van der Waals surface area contributed by atoms with Crippen LogP contribution in [0.3, 0.4) is 0 Å². The lowest BCUT2D eigenvalue weighted by Crippen LogP contribution is -2.09. The minimum atomic E-state index is -0.742. The van der Waals surface area contributed by atoms with Crippen LogP contribution in [0.15, 0.2) is 48.8 Å². The van der Waals surface area contributed by atoms with Crippen molar-refractivity contribution in [3.05, 3.63) is 60.2 Å². The van der Waals surface area contributed by atoms with Crippen molar-refractivity contribution in [2.75, 3.05) is 0 Å². The van der Waals surface area contributed by atoms with E-state index in [0.29, 0.717) is 16.7 Å². The number of nitrogens with two attached hydrogens (primary N) is 1. The molecule has 0 bridgehead atoms. The van der Waals surface area contributed by atoms with E-state index >= 15 is 0 Å². The number of hydrogen-bond donors (Lipinski definition) is 2. The number of nitrogens with zero attached hydrogens (tertiary/aromatic N) is 6. The largest absolute Gasteiger partial charge is 0.370 e. The fraction of sp³-hybridized carbons (Fsp3) is 0. The molecule has 138 valence electrons. The van der Waals surface area contributed by atoms with Gasteiger partial charge in [-0.05, 0) is 18.2 Å². The van der Waals surface area contributed by atoms with Crippen LogP contribution in [0.5, 0.6) is 0 Å². The molecule has 5 aromatic rings. The summed E-state index contributed by atoms with van der Waals surface area (Å²) in [6.45, 7) is 0. The molecule has 3 N–H and O–H groups in total. The van der Waals surface area contributed by atoms with Crippen molar-refractivity contribution in [3.8, 4) is 11.6 Å². The van der Waals surface area contributed by atoms with Gasteiger partial charge in [-0.1, -0.05) is 17.3 Å². The van der Waals surface area contributed by atoms with Crippen LogP contribution >= 0.6 is 0 Å². The van der Waals surface area contributed by atoms with Crippen molar-refractivity contribution in [1.29, 1.82) is 0 Å². The van der Waals surface area contributed by atoms with Gasteiger partial charge in [0.2, 0.25) is 5.95 Å². The van der Waals surface area contributed by atoms with Crippen molar-refractivity contribution in [2.24, 2.45) is 5.90 Å². The van der Waals surface area contributed by atoms with E-state index < -0.39 is 11.8 Å². The lowest BCUT2D eigenvalue weighted by Gasteiger charge is -2.02. The van der Waals surface area contributed by atoms with Crippen LogP contribution in [0.2, 0.25) is 0 Å². The Morgan fingerprint density at radius 1 is 1.25 bits per heavy atom. The number of imidazole rings is 1. The Morgan fingerprint density at radius 3 is 2.96 bits per heavy atom. The number of carbonyl (C=O) groups excluding carboxylic acids is 1. The molecule has 5 rings (SSSR count).